The second kappa shape index (κ2) is 9.87. The van der Waals surface area contributed by atoms with E-state index in [2.05, 4.69) is 15.5 Å². The summed E-state index contributed by atoms with van der Waals surface area (Å²) in [5.74, 6) is 0.316. The maximum Gasteiger partial charge on any atom is 0.276 e. The van der Waals surface area contributed by atoms with E-state index in [1.54, 1.807) is 53.3 Å². The summed E-state index contributed by atoms with van der Waals surface area (Å²) in [5.41, 5.74) is 3.27. The van der Waals surface area contributed by atoms with Crippen molar-refractivity contribution in [3.63, 3.8) is 0 Å². The molecule has 33 heavy (non-hydrogen) atoms. The summed E-state index contributed by atoms with van der Waals surface area (Å²) < 4.78 is 8.98. The summed E-state index contributed by atoms with van der Waals surface area (Å²) in [6, 6.07) is 14.0. The van der Waals surface area contributed by atoms with E-state index in [0.29, 0.717) is 38.7 Å². The first-order valence-electron chi connectivity index (χ1n) is 10.0. The Bertz CT molecular complexity index is 1300. The number of aromatic nitrogens is 4. The minimum absolute atomic E-state index is 0.159. The van der Waals surface area contributed by atoms with Crippen LogP contribution in [0.1, 0.15) is 27.4 Å². The molecule has 0 atom stereocenters. The van der Waals surface area contributed by atoms with E-state index in [9.17, 15) is 4.79 Å². The van der Waals surface area contributed by atoms with Gasteiger partial charge in [-0.05, 0) is 61.9 Å². The Morgan fingerprint density at radius 1 is 1.00 bits per heavy atom. The summed E-state index contributed by atoms with van der Waals surface area (Å²) >= 11 is 18.2. The molecule has 2 aromatic carbocycles. The van der Waals surface area contributed by atoms with Crippen LogP contribution < -0.4 is 10.1 Å². The summed E-state index contributed by atoms with van der Waals surface area (Å²) in [7, 11) is 0. The van der Waals surface area contributed by atoms with E-state index in [4.69, 9.17) is 39.5 Å². The highest BCUT2D eigenvalue weighted by atomic mass is 35.5. The summed E-state index contributed by atoms with van der Waals surface area (Å²) in [4.78, 5) is 12.8. The number of halogens is 3. The molecular weight excluding hydrogens is 485 g/mol. The van der Waals surface area contributed by atoms with Crippen molar-refractivity contribution in [1.29, 1.82) is 0 Å². The second-order valence-corrected chi connectivity index (χ2v) is 8.64. The summed E-state index contributed by atoms with van der Waals surface area (Å²) in [6.07, 6.45) is 1.68. The number of rotatable bonds is 7. The zero-order valence-electron chi connectivity index (χ0n) is 17.8. The molecule has 1 N–H and O–H groups in total. The highest BCUT2D eigenvalue weighted by molar-refractivity contribution is 6.35. The molecule has 0 aliphatic carbocycles. The predicted molar refractivity (Wildman–Crippen MR) is 130 cm³/mol. The number of ether oxygens (including phenoxy) is 1. The fourth-order valence-electron chi connectivity index (χ4n) is 3.25. The summed E-state index contributed by atoms with van der Waals surface area (Å²) in [5, 5.41) is 13.5. The van der Waals surface area contributed by atoms with Crippen molar-refractivity contribution >= 4 is 46.4 Å². The number of hydrogen-bond acceptors (Lipinski definition) is 4. The van der Waals surface area contributed by atoms with Gasteiger partial charge < -0.3 is 10.1 Å². The number of carbonyl (C=O) groups is 1. The van der Waals surface area contributed by atoms with Crippen LogP contribution in [-0.4, -0.2) is 25.5 Å². The quantitative estimate of drug-likeness (QED) is 0.335. The van der Waals surface area contributed by atoms with Crippen molar-refractivity contribution in [1.82, 2.24) is 19.6 Å². The topological polar surface area (TPSA) is 74.0 Å². The first-order valence-corrected chi connectivity index (χ1v) is 11.1. The van der Waals surface area contributed by atoms with Gasteiger partial charge in [-0.15, -0.1) is 0 Å². The molecule has 0 unspecified atom stereocenters. The van der Waals surface area contributed by atoms with Gasteiger partial charge in [0.1, 0.15) is 5.75 Å². The number of nitrogens with one attached hydrogen (secondary N) is 1. The van der Waals surface area contributed by atoms with Crippen molar-refractivity contribution in [2.45, 2.75) is 27.1 Å². The van der Waals surface area contributed by atoms with Crippen LogP contribution in [0, 0.1) is 13.8 Å². The van der Waals surface area contributed by atoms with Crippen molar-refractivity contribution in [2.75, 3.05) is 5.32 Å². The van der Waals surface area contributed by atoms with Crippen LogP contribution in [0.15, 0.2) is 54.7 Å². The van der Waals surface area contributed by atoms with Crippen molar-refractivity contribution in [3.8, 4) is 5.75 Å². The monoisotopic (exact) mass is 503 g/mol. The van der Waals surface area contributed by atoms with E-state index in [1.165, 1.54) is 4.68 Å². The lowest BCUT2D eigenvalue weighted by Gasteiger charge is -2.08. The van der Waals surface area contributed by atoms with Crippen molar-refractivity contribution < 1.29 is 9.53 Å². The molecule has 10 heteroatoms. The Labute approximate surface area is 205 Å². The lowest BCUT2D eigenvalue weighted by atomic mass is 10.2. The molecule has 2 aromatic heterocycles. The van der Waals surface area contributed by atoms with E-state index < -0.39 is 0 Å². The molecule has 0 spiro atoms. The zero-order valence-corrected chi connectivity index (χ0v) is 20.1. The van der Waals surface area contributed by atoms with E-state index in [0.717, 1.165) is 11.3 Å². The third kappa shape index (κ3) is 5.50. The third-order valence-electron chi connectivity index (χ3n) is 5.01. The molecule has 0 aliphatic rings. The Morgan fingerprint density at radius 2 is 1.73 bits per heavy atom. The Kier molecular flexibility index (Phi) is 6.93. The molecule has 7 nitrogen and oxygen atoms in total. The van der Waals surface area contributed by atoms with Gasteiger partial charge in [-0.3, -0.25) is 9.48 Å². The number of hydrogen-bond donors (Lipinski definition) is 1. The summed E-state index contributed by atoms with van der Waals surface area (Å²) in [6.45, 7) is 4.33. The molecule has 4 rings (SSSR count). The molecule has 0 saturated heterocycles. The van der Waals surface area contributed by atoms with Crippen LogP contribution in [-0.2, 0) is 13.3 Å². The maximum absolute atomic E-state index is 12.8. The first kappa shape index (κ1) is 23.2. The molecule has 0 bridgehead atoms. The SMILES string of the molecule is Cc1nn(Cc2ccc(Cl)cc2Cl)c(C)c1NC(=O)c1ccn(COc2ccc(Cl)cc2)n1. The predicted octanol–water partition coefficient (Wildman–Crippen LogP) is 5.99. The Morgan fingerprint density at radius 3 is 2.45 bits per heavy atom. The van der Waals surface area contributed by atoms with Crippen LogP contribution in [0.4, 0.5) is 5.69 Å². The first-order chi connectivity index (χ1) is 15.8. The van der Waals surface area contributed by atoms with Gasteiger partial charge in [0.2, 0.25) is 0 Å². The Hall–Kier alpha value is -3.00. The molecule has 0 aliphatic heterocycles. The van der Waals surface area contributed by atoms with Gasteiger partial charge in [-0.1, -0.05) is 40.9 Å². The molecule has 1 amide bonds. The highest BCUT2D eigenvalue weighted by Crippen LogP contribution is 2.25. The van der Waals surface area contributed by atoms with Gasteiger partial charge in [0.15, 0.2) is 12.4 Å². The molecular formula is C23H20Cl3N5O2. The van der Waals surface area contributed by atoms with Crippen LogP contribution in [0.5, 0.6) is 5.75 Å². The van der Waals surface area contributed by atoms with E-state index >= 15 is 0 Å². The lowest BCUT2D eigenvalue weighted by molar-refractivity contribution is 0.102. The molecule has 0 saturated carbocycles. The molecule has 0 radical (unpaired) electrons. The van der Waals surface area contributed by atoms with Crippen molar-refractivity contribution in [2.24, 2.45) is 0 Å². The van der Waals surface area contributed by atoms with Gasteiger partial charge in [-0.2, -0.15) is 10.2 Å². The average Bonchev–Trinajstić information content (AvgIpc) is 3.36. The van der Waals surface area contributed by atoms with Gasteiger partial charge in [-0.25, -0.2) is 4.68 Å². The molecule has 170 valence electrons. The van der Waals surface area contributed by atoms with Gasteiger partial charge in [0.25, 0.3) is 5.91 Å². The molecule has 2 heterocycles. The minimum atomic E-state index is -0.337. The molecule has 0 fully saturated rings. The zero-order chi connectivity index (χ0) is 23.5. The lowest BCUT2D eigenvalue weighted by Crippen LogP contribution is -2.15. The van der Waals surface area contributed by atoms with Crippen molar-refractivity contribution in [3.05, 3.63) is 92.4 Å². The largest absolute Gasteiger partial charge is 0.471 e. The van der Waals surface area contributed by atoms with Crippen LogP contribution in [0.2, 0.25) is 15.1 Å². The number of aryl methyl sites for hydroxylation is 1. The van der Waals surface area contributed by atoms with Gasteiger partial charge in [0, 0.05) is 21.3 Å². The number of amides is 1. The van der Waals surface area contributed by atoms with E-state index in [-0.39, 0.29) is 18.3 Å². The number of carbonyl (C=O) groups excluding carboxylic acids is 1. The molecule has 4 aromatic rings. The number of benzene rings is 2. The minimum Gasteiger partial charge on any atom is -0.471 e. The standard InChI is InChI=1S/C23H20Cl3N5O2/c1-14-22(15(2)31(28-14)12-16-3-4-18(25)11-20(16)26)27-23(32)21-9-10-30(29-21)13-33-19-7-5-17(24)6-8-19/h3-11H,12-13H2,1-2H3,(H,27,32). The van der Waals surface area contributed by atoms with Crippen LogP contribution >= 0.6 is 34.8 Å². The maximum atomic E-state index is 12.8. The number of anilines is 1. The highest BCUT2D eigenvalue weighted by Gasteiger charge is 2.18. The van der Waals surface area contributed by atoms with Gasteiger partial charge in [0.05, 0.1) is 23.6 Å². The van der Waals surface area contributed by atoms with E-state index in [1.807, 2.05) is 19.9 Å². The smallest absolute Gasteiger partial charge is 0.276 e. The van der Waals surface area contributed by atoms with Gasteiger partial charge >= 0.3 is 0 Å². The fourth-order valence-corrected chi connectivity index (χ4v) is 3.84. The fraction of sp³-hybridized carbons (Fsp3) is 0.174. The Balaban J connectivity index is 1.42. The third-order valence-corrected chi connectivity index (χ3v) is 5.84. The number of nitrogens with zero attached hydrogens (tertiary/aromatic N) is 4. The second-order valence-electron chi connectivity index (χ2n) is 7.36. The van der Waals surface area contributed by atoms with Crippen LogP contribution in [0.25, 0.3) is 0 Å². The van der Waals surface area contributed by atoms with Crippen LogP contribution in [0.3, 0.4) is 0 Å². The average molecular weight is 505 g/mol. The normalized spacial score (nSPS) is 10.9.